The van der Waals surface area contributed by atoms with Gasteiger partial charge in [0, 0.05) is 5.56 Å². The van der Waals surface area contributed by atoms with Crippen LogP contribution in [0.1, 0.15) is 11.1 Å². The summed E-state index contributed by atoms with van der Waals surface area (Å²) in [6.07, 6.45) is 3.18. The summed E-state index contributed by atoms with van der Waals surface area (Å²) in [5, 5.41) is 0. The van der Waals surface area contributed by atoms with E-state index in [1.54, 1.807) is 36.4 Å². The van der Waals surface area contributed by atoms with E-state index in [4.69, 9.17) is 9.47 Å². The summed E-state index contributed by atoms with van der Waals surface area (Å²) in [5.74, 6) is -0.590. The number of hydrogen-bond donors (Lipinski definition) is 0. The zero-order valence-electron chi connectivity index (χ0n) is 12.7. The van der Waals surface area contributed by atoms with Gasteiger partial charge in [-0.05, 0) is 24.3 Å². The molecule has 2 aromatic rings. The van der Waals surface area contributed by atoms with Crippen LogP contribution < -0.4 is 4.74 Å². The van der Waals surface area contributed by atoms with E-state index in [2.05, 4.69) is 11.6 Å². The van der Waals surface area contributed by atoms with Crippen molar-refractivity contribution >= 4 is 17.9 Å². The van der Waals surface area contributed by atoms with E-state index in [9.17, 15) is 9.18 Å². The van der Waals surface area contributed by atoms with Crippen molar-refractivity contribution in [2.45, 2.75) is 0 Å². The number of para-hydroxylation sites is 1. The Hall–Kier alpha value is -3.21. The van der Waals surface area contributed by atoms with Crippen molar-refractivity contribution < 1.29 is 18.7 Å². The van der Waals surface area contributed by atoms with Crippen LogP contribution in [0.25, 0.3) is 6.08 Å². The molecule has 0 aromatic heterocycles. The second kappa shape index (κ2) is 6.91. The van der Waals surface area contributed by atoms with Crippen molar-refractivity contribution in [3.63, 3.8) is 0 Å². The number of esters is 1. The standard InChI is InChI=1S/C19H14FNO3/c1-2-11-23-17-10-6-3-7-13(17)12-16-19(22)24-18(21-16)14-8-4-5-9-15(14)20/h2-10,12H,1,11H2/b16-12-. The molecule has 4 nitrogen and oxygen atoms in total. The molecule has 0 fully saturated rings. The Morgan fingerprint density at radius 2 is 1.92 bits per heavy atom. The fraction of sp³-hybridized carbons (Fsp3) is 0.0526. The highest BCUT2D eigenvalue weighted by Gasteiger charge is 2.26. The third-order valence-corrected chi connectivity index (χ3v) is 3.29. The average Bonchev–Trinajstić information content (AvgIpc) is 2.95. The molecule has 3 rings (SSSR count). The minimum absolute atomic E-state index is 0.0474. The zero-order chi connectivity index (χ0) is 16.9. The zero-order valence-corrected chi connectivity index (χ0v) is 12.7. The Kier molecular flexibility index (Phi) is 4.52. The SMILES string of the molecule is C=CCOc1ccccc1/C=C1\N=C(c2ccccc2F)OC1=O. The first-order chi connectivity index (χ1) is 11.7. The molecule has 0 aliphatic carbocycles. The summed E-state index contributed by atoms with van der Waals surface area (Å²) >= 11 is 0. The molecule has 0 saturated heterocycles. The summed E-state index contributed by atoms with van der Waals surface area (Å²) in [7, 11) is 0. The fourth-order valence-electron chi connectivity index (χ4n) is 2.19. The van der Waals surface area contributed by atoms with Crippen LogP contribution in [-0.4, -0.2) is 18.5 Å². The topological polar surface area (TPSA) is 47.9 Å². The minimum Gasteiger partial charge on any atom is -0.489 e. The Labute approximate surface area is 138 Å². The molecule has 0 radical (unpaired) electrons. The van der Waals surface area contributed by atoms with Gasteiger partial charge in [-0.1, -0.05) is 43.0 Å². The Morgan fingerprint density at radius 3 is 2.71 bits per heavy atom. The van der Waals surface area contributed by atoms with Gasteiger partial charge in [-0.25, -0.2) is 14.2 Å². The molecule has 0 spiro atoms. The Bertz CT molecular complexity index is 855. The lowest BCUT2D eigenvalue weighted by Gasteiger charge is -2.06. The summed E-state index contributed by atoms with van der Waals surface area (Å²) in [4.78, 5) is 16.1. The van der Waals surface area contributed by atoms with Gasteiger partial charge in [0.15, 0.2) is 5.70 Å². The molecule has 0 N–H and O–H groups in total. The van der Waals surface area contributed by atoms with Gasteiger partial charge in [0.1, 0.15) is 18.2 Å². The number of cyclic esters (lactones) is 1. The van der Waals surface area contributed by atoms with Gasteiger partial charge in [0.2, 0.25) is 5.90 Å². The molecule has 1 aliphatic rings. The molecule has 120 valence electrons. The summed E-state index contributed by atoms with van der Waals surface area (Å²) in [5.41, 5.74) is 0.901. The molecule has 2 aromatic carbocycles. The largest absolute Gasteiger partial charge is 0.489 e. The molecule has 0 atom stereocenters. The number of hydrogen-bond acceptors (Lipinski definition) is 4. The lowest BCUT2D eigenvalue weighted by molar-refractivity contribution is -0.129. The van der Waals surface area contributed by atoms with E-state index in [-0.39, 0.29) is 17.2 Å². The van der Waals surface area contributed by atoms with Crippen molar-refractivity contribution in [2.24, 2.45) is 4.99 Å². The highest BCUT2D eigenvalue weighted by molar-refractivity contribution is 6.13. The number of ether oxygens (including phenoxy) is 2. The lowest BCUT2D eigenvalue weighted by Crippen LogP contribution is -2.07. The van der Waals surface area contributed by atoms with E-state index >= 15 is 0 Å². The molecule has 1 heterocycles. The molecule has 5 heteroatoms. The van der Waals surface area contributed by atoms with E-state index in [1.807, 2.05) is 12.1 Å². The quantitative estimate of drug-likeness (QED) is 0.478. The number of rotatable bonds is 5. The summed E-state index contributed by atoms with van der Waals surface area (Å²) < 4.78 is 24.4. The third-order valence-electron chi connectivity index (χ3n) is 3.29. The van der Waals surface area contributed by atoms with E-state index < -0.39 is 11.8 Å². The van der Waals surface area contributed by atoms with Crippen molar-refractivity contribution in [1.82, 2.24) is 0 Å². The molecule has 0 unspecified atom stereocenters. The van der Waals surface area contributed by atoms with Crippen LogP contribution in [0.15, 0.2) is 71.9 Å². The molecule has 0 amide bonds. The maximum Gasteiger partial charge on any atom is 0.363 e. The van der Waals surface area contributed by atoms with Crippen LogP contribution in [0.4, 0.5) is 4.39 Å². The summed E-state index contributed by atoms with van der Waals surface area (Å²) in [6.45, 7) is 3.94. The minimum atomic E-state index is -0.633. The lowest BCUT2D eigenvalue weighted by atomic mass is 10.1. The fourth-order valence-corrected chi connectivity index (χ4v) is 2.19. The van der Waals surface area contributed by atoms with E-state index in [1.165, 1.54) is 12.1 Å². The number of benzene rings is 2. The first kappa shape index (κ1) is 15.7. The van der Waals surface area contributed by atoms with Gasteiger partial charge in [-0.15, -0.1) is 0 Å². The van der Waals surface area contributed by atoms with Crippen LogP contribution >= 0.6 is 0 Å². The van der Waals surface area contributed by atoms with Crippen molar-refractivity contribution in [3.05, 3.63) is 83.8 Å². The summed E-state index contributed by atoms with van der Waals surface area (Å²) in [6, 6.07) is 13.2. The van der Waals surface area contributed by atoms with E-state index in [0.717, 1.165) is 0 Å². The van der Waals surface area contributed by atoms with Crippen LogP contribution in [0.5, 0.6) is 5.75 Å². The van der Waals surface area contributed by atoms with Crippen LogP contribution in [0.2, 0.25) is 0 Å². The average molecular weight is 323 g/mol. The van der Waals surface area contributed by atoms with Crippen LogP contribution in [-0.2, 0) is 9.53 Å². The Morgan fingerprint density at radius 1 is 1.17 bits per heavy atom. The predicted molar refractivity (Wildman–Crippen MR) is 89.1 cm³/mol. The van der Waals surface area contributed by atoms with Gasteiger partial charge < -0.3 is 9.47 Å². The molecule has 1 aliphatic heterocycles. The van der Waals surface area contributed by atoms with Gasteiger partial charge in [-0.3, -0.25) is 0 Å². The molecule has 24 heavy (non-hydrogen) atoms. The normalized spacial score (nSPS) is 15.1. The first-order valence-electron chi connectivity index (χ1n) is 7.29. The van der Waals surface area contributed by atoms with E-state index in [0.29, 0.717) is 17.9 Å². The number of carbonyl (C=O) groups is 1. The molecule has 0 bridgehead atoms. The van der Waals surface area contributed by atoms with Crippen molar-refractivity contribution in [3.8, 4) is 5.75 Å². The maximum absolute atomic E-state index is 13.8. The first-order valence-corrected chi connectivity index (χ1v) is 7.29. The monoisotopic (exact) mass is 323 g/mol. The van der Waals surface area contributed by atoms with Gasteiger partial charge in [-0.2, -0.15) is 0 Å². The second-order valence-corrected chi connectivity index (χ2v) is 4.95. The molecular formula is C19H14FNO3. The van der Waals surface area contributed by atoms with Crippen molar-refractivity contribution in [1.29, 1.82) is 0 Å². The predicted octanol–water partition coefficient (Wildman–Crippen LogP) is 3.74. The van der Waals surface area contributed by atoms with Gasteiger partial charge >= 0.3 is 5.97 Å². The smallest absolute Gasteiger partial charge is 0.363 e. The van der Waals surface area contributed by atoms with Crippen LogP contribution in [0, 0.1) is 5.82 Å². The highest BCUT2D eigenvalue weighted by atomic mass is 19.1. The maximum atomic E-state index is 13.8. The highest BCUT2D eigenvalue weighted by Crippen LogP contribution is 2.25. The molecular weight excluding hydrogens is 309 g/mol. The third kappa shape index (κ3) is 3.25. The van der Waals surface area contributed by atoms with Crippen LogP contribution in [0.3, 0.4) is 0 Å². The number of carbonyl (C=O) groups excluding carboxylic acids is 1. The van der Waals surface area contributed by atoms with Gasteiger partial charge in [0.05, 0.1) is 5.56 Å². The number of nitrogens with zero attached hydrogens (tertiary/aromatic N) is 1. The second-order valence-electron chi connectivity index (χ2n) is 4.95. The Balaban J connectivity index is 1.95. The molecule has 0 saturated carbocycles. The number of halogens is 1. The van der Waals surface area contributed by atoms with Crippen molar-refractivity contribution in [2.75, 3.05) is 6.61 Å². The van der Waals surface area contributed by atoms with Gasteiger partial charge in [0.25, 0.3) is 0 Å². The number of aliphatic imine (C=N–C) groups is 1.